The Morgan fingerprint density at radius 2 is 1.58 bits per heavy atom. The van der Waals surface area contributed by atoms with Gasteiger partial charge in [0.1, 0.15) is 11.5 Å². The lowest BCUT2D eigenvalue weighted by atomic mass is 10.2. The molecule has 0 heterocycles. The Morgan fingerprint density at radius 1 is 0.947 bits per heavy atom. The SMILES string of the molecule is CCC(C)NCc1ccc(Oc2ccccc2)cc1. The summed E-state index contributed by atoms with van der Waals surface area (Å²) in [6.07, 6.45) is 1.15. The van der Waals surface area contributed by atoms with Crippen LogP contribution in [0, 0.1) is 0 Å². The van der Waals surface area contributed by atoms with Crippen LogP contribution in [0.15, 0.2) is 54.6 Å². The summed E-state index contributed by atoms with van der Waals surface area (Å²) < 4.78 is 5.76. The Balaban J connectivity index is 1.91. The molecule has 1 atom stereocenters. The standard InChI is InChI=1S/C17H21NO/c1-3-14(2)18-13-15-9-11-17(12-10-15)19-16-7-5-4-6-8-16/h4-12,14,18H,3,13H2,1-2H3. The van der Waals surface area contributed by atoms with Gasteiger partial charge in [-0.3, -0.25) is 0 Å². The molecule has 0 aliphatic carbocycles. The number of ether oxygens (including phenoxy) is 1. The number of rotatable bonds is 6. The fourth-order valence-corrected chi connectivity index (χ4v) is 1.74. The maximum absolute atomic E-state index is 5.76. The van der Waals surface area contributed by atoms with E-state index in [1.165, 1.54) is 5.56 Å². The summed E-state index contributed by atoms with van der Waals surface area (Å²) in [6.45, 7) is 5.29. The molecule has 0 aliphatic rings. The minimum absolute atomic E-state index is 0.556. The van der Waals surface area contributed by atoms with Gasteiger partial charge in [0.25, 0.3) is 0 Å². The lowest BCUT2D eigenvalue weighted by Gasteiger charge is -2.11. The molecule has 1 N–H and O–H groups in total. The molecule has 2 rings (SSSR count). The van der Waals surface area contributed by atoms with Crippen LogP contribution in [-0.4, -0.2) is 6.04 Å². The van der Waals surface area contributed by atoms with Crippen LogP contribution in [0.3, 0.4) is 0 Å². The number of nitrogens with one attached hydrogen (secondary N) is 1. The van der Waals surface area contributed by atoms with E-state index in [0.717, 1.165) is 24.5 Å². The van der Waals surface area contributed by atoms with Crippen LogP contribution in [0.4, 0.5) is 0 Å². The van der Waals surface area contributed by atoms with Gasteiger partial charge in [0.15, 0.2) is 0 Å². The van der Waals surface area contributed by atoms with Crippen LogP contribution in [0.1, 0.15) is 25.8 Å². The second-order valence-electron chi connectivity index (χ2n) is 4.75. The maximum atomic E-state index is 5.76. The van der Waals surface area contributed by atoms with Crippen LogP contribution in [0.25, 0.3) is 0 Å². The Morgan fingerprint density at radius 3 is 2.21 bits per heavy atom. The van der Waals surface area contributed by atoms with Crippen molar-refractivity contribution >= 4 is 0 Å². The lowest BCUT2D eigenvalue weighted by Crippen LogP contribution is -2.24. The molecule has 0 saturated heterocycles. The molecule has 0 radical (unpaired) electrons. The van der Waals surface area contributed by atoms with E-state index in [1.807, 2.05) is 42.5 Å². The number of hydrogen-bond donors (Lipinski definition) is 1. The first-order valence-corrected chi connectivity index (χ1v) is 6.83. The Kier molecular flexibility index (Phi) is 4.99. The predicted molar refractivity (Wildman–Crippen MR) is 79.6 cm³/mol. The molecular weight excluding hydrogens is 234 g/mol. The Bertz CT molecular complexity index is 478. The number of benzene rings is 2. The highest BCUT2D eigenvalue weighted by molar-refractivity contribution is 5.32. The summed E-state index contributed by atoms with van der Waals surface area (Å²) in [4.78, 5) is 0. The zero-order chi connectivity index (χ0) is 13.5. The normalized spacial score (nSPS) is 12.1. The molecule has 2 aromatic carbocycles. The first kappa shape index (κ1) is 13.6. The summed E-state index contributed by atoms with van der Waals surface area (Å²) in [7, 11) is 0. The highest BCUT2D eigenvalue weighted by atomic mass is 16.5. The zero-order valence-corrected chi connectivity index (χ0v) is 11.6. The quantitative estimate of drug-likeness (QED) is 0.827. The van der Waals surface area contributed by atoms with E-state index in [0.29, 0.717) is 6.04 Å². The molecular formula is C17H21NO. The van der Waals surface area contributed by atoms with Crippen molar-refractivity contribution in [1.82, 2.24) is 5.32 Å². The molecule has 0 aliphatic heterocycles. The second-order valence-corrected chi connectivity index (χ2v) is 4.75. The van der Waals surface area contributed by atoms with Crippen molar-refractivity contribution in [2.24, 2.45) is 0 Å². The first-order valence-electron chi connectivity index (χ1n) is 6.83. The fraction of sp³-hybridized carbons (Fsp3) is 0.294. The van der Waals surface area contributed by atoms with Gasteiger partial charge in [-0.2, -0.15) is 0 Å². The van der Waals surface area contributed by atoms with Crippen LogP contribution >= 0.6 is 0 Å². The summed E-state index contributed by atoms with van der Waals surface area (Å²) in [5.41, 5.74) is 1.28. The molecule has 0 fully saturated rings. The molecule has 1 unspecified atom stereocenters. The zero-order valence-electron chi connectivity index (χ0n) is 11.6. The van der Waals surface area contributed by atoms with Gasteiger partial charge in [-0.1, -0.05) is 37.3 Å². The molecule has 2 heteroatoms. The molecule has 0 saturated carbocycles. The average Bonchev–Trinajstić information content (AvgIpc) is 2.47. The minimum atomic E-state index is 0.556. The summed E-state index contributed by atoms with van der Waals surface area (Å²) in [5, 5.41) is 3.48. The second kappa shape index (κ2) is 6.95. The van der Waals surface area contributed by atoms with Gasteiger partial charge < -0.3 is 10.1 Å². The Hall–Kier alpha value is -1.80. The fourth-order valence-electron chi connectivity index (χ4n) is 1.74. The van der Waals surface area contributed by atoms with E-state index >= 15 is 0 Å². The third kappa shape index (κ3) is 4.42. The van der Waals surface area contributed by atoms with Gasteiger partial charge in [-0.15, -0.1) is 0 Å². The van der Waals surface area contributed by atoms with Crippen molar-refractivity contribution in [3.05, 3.63) is 60.2 Å². The summed E-state index contributed by atoms with van der Waals surface area (Å²) >= 11 is 0. The molecule has 0 amide bonds. The Labute approximate surface area is 115 Å². The van der Waals surface area contributed by atoms with Gasteiger partial charge in [-0.25, -0.2) is 0 Å². The van der Waals surface area contributed by atoms with E-state index < -0.39 is 0 Å². The van der Waals surface area contributed by atoms with Gasteiger partial charge in [0.05, 0.1) is 0 Å². The van der Waals surface area contributed by atoms with Gasteiger partial charge in [-0.05, 0) is 43.2 Å². The van der Waals surface area contributed by atoms with E-state index in [4.69, 9.17) is 4.74 Å². The highest BCUT2D eigenvalue weighted by Gasteiger charge is 2.00. The van der Waals surface area contributed by atoms with Crippen molar-refractivity contribution in [1.29, 1.82) is 0 Å². The lowest BCUT2D eigenvalue weighted by molar-refractivity contribution is 0.482. The van der Waals surface area contributed by atoms with E-state index in [1.54, 1.807) is 0 Å². The van der Waals surface area contributed by atoms with Crippen molar-refractivity contribution in [2.45, 2.75) is 32.9 Å². The first-order chi connectivity index (χ1) is 9.28. The van der Waals surface area contributed by atoms with Gasteiger partial charge in [0, 0.05) is 12.6 Å². The molecule has 0 spiro atoms. The molecule has 19 heavy (non-hydrogen) atoms. The number of hydrogen-bond acceptors (Lipinski definition) is 2. The summed E-state index contributed by atoms with van der Waals surface area (Å²) in [6, 6.07) is 18.6. The molecule has 0 aromatic heterocycles. The molecule has 2 aromatic rings. The molecule has 2 nitrogen and oxygen atoms in total. The van der Waals surface area contributed by atoms with Crippen LogP contribution < -0.4 is 10.1 Å². The van der Waals surface area contributed by atoms with Crippen molar-refractivity contribution in [2.75, 3.05) is 0 Å². The smallest absolute Gasteiger partial charge is 0.127 e. The monoisotopic (exact) mass is 255 g/mol. The van der Waals surface area contributed by atoms with Crippen molar-refractivity contribution in [3.63, 3.8) is 0 Å². The van der Waals surface area contributed by atoms with Crippen molar-refractivity contribution < 1.29 is 4.74 Å². The molecule has 100 valence electrons. The van der Waals surface area contributed by atoms with E-state index in [9.17, 15) is 0 Å². The van der Waals surface area contributed by atoms with E-state index in [2.05, 4.69) is 31.3 Å². The van der Waals surface area contributed by atoms with Gasteiger partial charge >= 0.3 is 0 Å². The van der Waals surface area contributed by atoms with E-state index in [-0.39, 0.29) is 0 Å². The predicted octanol–water partition coefficient (Wildman–Crippen LogP) is 4.37. The topological polar surface area (TPSA) is 21.3 Å². The van der Waals surface area contributed by atoms with Crippen molar-refractivity contribution in [3.8, 4) is 11.5 Å². The van der Waals surface area contributed by atoms with Gasteiger partial charge in [0.2, 0.25) is 0 Å². The van der Waals surface area contributed by atoms with Crippen LogP contribution in [0.2, 0.25) is 0 Å². The highest BCUT2D eigenvalue weighted by Crippen LogP contribution is 2.21. The maximum Gasteiger partial charge on any atom is 0.127 e. The minimum Gasteiger partial charge on any atom is -0.457 e. The largest absolute Gasteiger partial charge is 0.457 e. The average molecular weight is 255 g/mol. The molecule has 0 bridgehead atoms. The van der Waals surface area contributed by atoms with Crippen LogP contribution in [0.5, 0.6) is 11.5 Å². The third-order valence-electron chi connectivity index (χ3n) is 3.17. The number of para-hydroxylation sites is 1. The van der Waals surface area contributed by atoms with Crippen LogP contribution in [-0.2, 0) is 6.54 Å². The summed E-state index contributed by atoms with van der Waals surface area (Å²) in [5.74, 6) is 1.74. The third-order valence-corrected chi connectivity index (χ3v) is 3.17.